The second kappa shape index (κ2) is 5.59. The molecule has 0 aliphatic heterocycles. The van der Waals surface area contributed by atoms with E-state index in [1.807, 2.05) is 6.07 Å². The number of anilines is 2. The molecule has 100 valence electrons. The molecule has 6 heteroatoms. The Morgan fingerprint density at radius 2 is 2.05 bits per heavy atom. The monoisotopic (exact) mass is 289 g/mol. The van der Waals surface area contributed by atoms with Gasteiger partial charge in [-0.05, 0) is 36.4 Å². The summed E-state index contributed by atoms with van der Waals surface area (Å²) in [6.45, 7) is 0. The second-order valence-electron chi connectivity index (χ2n) is 4.00. The van der Waals surface area contributed by atoms with Gasteiger partial charge < -0.3 is 11.1 Å². The zero-order chi connectivity index (χ0) is 14.7. The van der Waals surface area contributed by atoms with Gasteiger partial charge in [0.15, 0.2) is 0 Å². The molecular weight excluding hydrogens is 281 g/mol. The van der Waals surface area contributed by atoms with Crippen molar-refractivity contribution in [1.82, 2.24) is 0 Å². The second-order valence-corrected chi connectivity index (χ2v) is 4.43. The van der Waals surface area contributed by atoms with E-state index in [1.165, 1.54) is 30.3 Å². The average molecular weight is 290 g/mol. The maximum absolute atomic E-state index is 13.6. The molecule has 0 aliphatic rings. The van der Waals surface area contributed by atoms with Crippen molar-refractivity contribution in [2.24, 2.45) is 0 Å². The Labute approximate surface area is 119 Å². The first kappa shape index (κ1) is 13.8. The van der Waals surface area contributed by atoms with E-state index in [9.17, 15) is 9.18 Å². The standard InChI is InChI=1S/C14H9ClFN3O/c15-9-2-1-8(7-17)13(5-9)19-14(20)11-6-10(18)3-4-12(11)16/h1-6H,18H2,(H,19,20). The lowest BCUT2D eigenvalue weighted by Crippen LogP contribution is -2.15. The van der Waals surface area contributed by atoms with Crippen LogP contribution < -0.4 is 11.1 Å². The fraction of sp³-hybridized carbons (Fsp3) is 0. The summed E-state index contributed by atoms with van der Waals surface area (Å²) in [5, 5.41) is 11.8. The van der Waals surface area contributed by atoms with Gasteiger partial charge in [0.2, 0.25) is 0 Å². The molecule has 0 saturated heterocycles. The first-order chi connectivity index (χ1) is 9.51. The van der Waals surface area contributed by atoms with Gasteiger partial charge in [-0.2, -0.15) is 5.26 Å². The normalized spacial score (nSPS) is 9.85. The molecule has 0 bridgehead atoms. The van der Waals surface area contributed by atoms with Gasteiger partial charge in [-0.1, -0.05) is 11.6 Å². The summed E-state index contributed by atoms with van der Waals surface area (Å²) in [6, 6.07) is 10.0. The first-order valence-corrected chi connectivity index (χ1v) is 5.95. The fourth-order valence-corrected chi connectivity index (χ4v) is 1.80. The van der Waals surface area contributed by atoms with Crippen molar-refractivity contribution < 1.29 is 9.18 Å². The number of benzene rings is 2. The summed E-state index contributed by atoms with van der Waals surface area (Å²) in [4.78, 5) is 12.0. The van der Waals surface area contributed by atoms with Crippen molar-refractivity contribution in [2.45, 2.75) is 0 Å². The van der Waals surface area contributed by atoms with Gasteiger partial charge in [0.25, 0.3) is 5.91 Å². The molecule has 3 N–H and O–H groups in total. The molecule has 1 amide bonds. The Bertz CT molecular complexity index is 725. The highest BCUT2D eigenvalue weighted by atomic mass is 35.5. The SMILES string of the molecule is N#Cc1ccc(Cl)cc1NC(=O)c1cc(N)ccc1F. The number of nitriles is 1. The van der Waals surface area contributed by atoms with Gasteiger partial charge in [0.1, 0.15) is 11.9 Å². The minimum absolute atomic E-state index is 0.200. The topological polar surface area (TPSA) is 78.9 Å². The third-order valence-corrected chi connectivity index (χ3v) is 2.82. The zero-order valence-corrected chi connectivity index (χ0v) is 10.9. The van der Waals surface area contributed by atoms with E-state index < -0.39 is 11.7 Å². The Balaban J connectivity index is 2.35. The highest BCUT2D eigenvalue weighted by Gasteiger charge is 2.14. The van der Waals surface area contributed by atoms with E-state index in [0.717, 1.165) is 6.07 Å². The van der Waals surface area contributed by atoms with Crippen molar-refractivity contribution in [3.63, 3.8) is 0 Å². The number of amides is 1. The summed E-state index contributed by atoms with van der Waals surface area (Å²) in [6.07, 6.45) is 0. The third-order valence-electron chi connectivity index (χ3n) is 2.59. The number of carbonyl (C=O) groups excluding carboxylic acids is 1. The minimum atomic E-state index is -0.700. The van der Waals surface area contributed by atoms with Crippen LogP contribution >= 0.6 is 11.6 Å². The van der Waals surface area contributed by atoms with E-state index in [0.29, 0.717) is 5.02 Å². The smallest absolute Gasteiger partial charge is 0.258 e. The van der Waals surface area contributed by atoms with Gasteiger partial charge in [-0.25, -0.2) is 4.39 Å². The molecule has 0 atom stereocenters. The van der Waals surface area contributed by atoms with Crippen LogP contribution in [-0.4, -0.2) is 5.91 Å². The van der Waals surface area contributed by atoms with E-state index in [1.54, 1.807) is 0 Å². The number of nitrogens with zero attached hydrogens (tertiary/aromatic N) is 1. The van der Waals surface area contributed by atoms with Crippen molar-refractivity contribution in [1.29, 1.82) is 5.26 Å². The van der Waals surface area contributed by atoms with Gasteiger partial charge in [-0.3, -0.25) is 4.79 Å². The lowest BCUT2D eigenvalue weighted by atomic mass is 10.1. The molecule has 4 nitrogen and oxygen atoms in total. The summed E-state index contributed by atoms with van der Waals surface area (Å²) in [5.41, 5.74) is 6.03. The Morgan fingerprint density at radius 1 is 1.30 bits per heavy atom. The van der Waals surface area contributed by atoms with Crippen LogP contribution in [0.5, 0.6) is 0 Å². The van der Waals surface area contributed by atoms with Crippen LogP contribution in [-0.2, 0) is 0 Å². The van der Waals surface area contributed by atoms with Gasteiger partial charge in [0.05, 0.1) is 16.8 Å². The number of hydrogen-bond acceptors (Lipinski definition) is 3. The number of halogens is 2. The molecule has 0 aromatic heterocycles. The zero-order valence-electron chi connectivity index (χ0n) is 10.2. The Hall–Kier alpha value is -2.58. The van der Waals surface area contributed by atoms with Crippen molar-refractivity contribution in [2.75, 3.05) is 11.1 Å². The Kier molecular flexibility index (Phi) is 3.87. The van der Waals surface area contributed by atoms with Crippen LogP contribution in [0, 0.1) is 17.1 Å². The predicted molar refractivity (Wildman–Crippen MR) is 74.9 cm³/mol. The van der Waals surface area contributed by atoms with E-state index in [-0.39, 0.29) is 22.5 Å². The highest BCUT2D eigenvalue weighted by Crippen LogP contribution is 2.22. The van der Waals surface area contributed by atoms with Crippen molar-refractivity contribution in [3.05, 3.63) is 58.4 Å². The molecule has 0 unspecified atom stereocenters. The number of carbonyl (C=O) groups is 1. The van der Waals surface area contributed by atoms with Crippen LogP contribution in [0.2, 0.25) is 5.02 Å². The third kappa shape index (κ3) is 2.87. The summed E-state index contributed by atoms with van der Waals surface area (Å²) < 4.78 is 13.6. The molecule has 2 rings (SSSR count). The van der Waals surface area contributed by atoms with E-state index >= 15 is 0 Å². The Morgan fingerprint density at radius 3 is 2.75 bits per heavy atom. The summed E-state index contributed by atoms with van der Waals surface area (Å²) in [7, 11) is 0. The highest BCUT2D eigenvalue weighted by molar-refractivity contribution is 6.31. The maximum Gasteiger partial charge on any atom is 0.258 e. The molecule has 0 spiro atoms. The number of nitrogen functional groups attached to an aromatic ring is 1. The molecule has 20 heavy (non-hydrogen) atoms. The van der Waals surface area contributed by atoms with E-state index in [2.05, 4.69) is 5.32 Å². The molecule has 0 radical (unpaired) electrons. The summed E-state index contributed by atoms with van der Waals surface area (Å²) in [5.74, 6) is -1.40. The van der Waals surface area contributed by atoms with E-state index in [4.69, 9.17) is 22.6 Å². The molecular formula is C14H9ClFN3O. The van der Waals surface area contributed by atoms with Gasteiger partial charge in [-0.15, -0.1) is 0 Å². The fourth-order valence-electron chi connectivity index (χ4n) is 1.62. The van der Waals surface area contributed by atoms with Crippen LogP contribution in [0.4, 0.5) is 15.8 Å². The largest absolute Gasteiger partial charge is 0.399 e. The number of nitrogens with one attached hydrogen (secondary N) is 1. The van der Waals surface area contributed by atoms with Gasteiger partial charge >= 0.3 is 0 Å². The van der Waals surface area contributed by atoms with Crippen LogP contribution in [0.1, 0.15) is 15.9 Å². The van der Waals surface area contributed by atoms with Crippen molar-refractivity contribution in [3.8, 4) is 6.07 Å². The molecule has 2 aromatic rings. The average Bonchev–Trinajstić information content (AvgIpc) is 2.41. The van der Waals surface area contributed by atoms with Gasteiger partial charge in [0, 0.05) is 10.7 Å². The van der Waals surface area contributed by atoms with Crippen molar-refractivity contribution >= 4 is 28.9 Å². The lowest BCUT2D eigenvalue weighted by molar-refractivity contribution is 0.102. The van der Waals surface area contributed by atoms with Crippen LogP contribution in [0.15, 0.2) is 36.4 Å². The number of rotatable bonds is 2. The number of nitrogens with two attached hydrogens (primary N) is 1. The molecule has 0 fully saturated rings. The molecule has 0 aliphatic carbocycles. The molecule has 2 aromatic carbocycles. The van der Waals surface area contributed by atoms with Crippen LogP contribution in [0.3, 0.4) is 0 Å². The maximum atomic E-state index is 13.6. The number of hydrogen-bond donors (Lipinski definition) is 2. The first-order valence-electron chi connectivity index (χ1n) is 5.57. The minimum Gasteiger partial charge on any atom is -0.399 e. The summed E-state index contributed by atoms with van der Waals surface area (Å²) >= 11 is 5.80. The quantitative estimate of drug-likeness (QED) is 0.833. The predicted octanol–water partition coefficient (Wildman–Crippen LogP) is 3.19. The lowest BCUT2D eigenvalue weighted by Gasteiger charge is -2.08. The van der Waals surface area contributed by atoms with Crippen LogP contribution in [0.25, 0.3) is 0 Å². The molecule has 0 heterocycles. The molecule has 0 saturated carbocycles.